The van der Waals surface area contributed by atoms with E-state index in [9.17, 15) is 13.2 Å². The van der Waals surface area contributed by atoms with Crippen molar-refractivity contribution in [1.29, 1.82) is 0 Å². The van der Waals surface area contributed by atoms with Crippen LogP contribution in [0.3, 0.4) is 0 Å². The van der Waals surface area contributed by atoms with Crippen molar-refractivity contribution >= 4 is 21.7 Å². The lowest BCUT2D eigenvalue weighted by Crippen LogP contribution is -2.23. The lowest BCUT2D eigenvalue weighted by atomic mass is 10.1. The molecule has 0 atom stereocenters. The highest BCUT2D eigenvalue weighted by Gasteiger charge is 2.22. The second kappa shape index (κ2) is 5.30. The van der Waals surface area contributed by atoms with Gasteiger partial charge in [0.2, 0.25) is 10.0 Å². The van der Waals surface area contributed by atoms with Gasteiger partial charge in [-0.2, -0.15) is 0 Å². The van der Waals surface area contributed by atoms with E-state index in [0.29, 0.717) is 5.56 Å². The number of aryl methyl sites for hydroxylation is 1. The first-order chi connectivity index (χ1) is 9.73. The normalized spacial score (nSPS) is 11.8. The van der Waals surface area contributed by atoms with Gasteiger partial charge in [0.25, 0.3) is 5.91 Å². The Morgan fingerprint density at radius 3 is 2.48 bits per heavy atom. The van der Waals surface area contributed by atoms with Crippen LogP contribution in [0.15, 0.2) is 35.4 Å². The summed E-state index contributed by atoms with van der Waals surface area (Å²) in [6.45, 7) is 1.68. The van der Waals surface area contributed by atoms with Crippen LogP contribution >= 0.6 is 0 Å². The molecule has 1 aromatic carbocycles. The van der Waals surface area contributed by atoms with E-state index in [2.05, 4.69) is 5.10 Å². The Bertz CT molecular complexity index is 793. The quantitative estimate of drug-likeness (QED) is 0.900. The lowest BCUT2D eigenvalue weighted by Gasteiger charge is -2.14. The first-order valence-corrected chi connectivity index (χ1v) is 7.56. The number of benzene rings is 1. The summed E-state index contributed by atoms with van der Waals surface area (Å²) < 4.78 is 26.7. The van der Waals surface area contributed by atoms with Gasteiger partial charge in [-0.3, -0.25) is 4.79 Å². The number of anilines is 1. The van der Waals surface area contributed by atoms with Crippen LogP contribution in [0.5, 0.6) is 0 Å². The molecule has 112 valence electrons. The molecule has 0 amide bonds. The molecular formula is C13H16N4O3S. The first kappa shape index (κ1) is 15.2. The lowest BCUT2D eigenvalue weighted by molar-refractivity contribution is 0.0945. The topological polar surface area (TPSA) is 98.3 Å². The van der Waals surface area contributed by atoms with Gasteiger partial charge in [-0.1, -0.05) is 6.07 Å². The van der Waals surface area contributed by atoms with Gasteiger partial charge in [-0.25, -0.2) is 17.4 Å². The summed E-state index contributed by atoms with van der Waals surface area (Å²) in [6.07, 6.45) is 1.43. The summed E-state index contributed by atoms with van der Waals surface area (Å²) in [4.78, 5) is 12.4. The average Bonchev–Trinajstić information content (AvgIpc) is 2.84. The first-order valence-electron chi connectivity index (χ1n) is 6.12. The number of carbonyl (C=O) groups is 1. The number of nitrogens with zero attached hydrogens (tertiary/aromatic N) is 3. The van der Waals surface area contributed by atoms with E-state index in [1.165, 1.54) is 32.4 Å². The Morgan fingerprint density at radius 2 is 1.95 bits per heavy atom. The van der Waals surface area contributed by atoms with Gasteiger partial charge in [0.15, 0.2) is 0 Å². The number of hydrogen-bond donors (Lipinski definition) is 1. The number of nitrogens with two attached hydrogens (primary N) is 1. The zero-order valence-electron chi connectivity index (χ0n) is 11.9. The standard InChI is InChI=1S/C13H16N4O3S/c1-9-4-5-10(8-11(9)21(19,20)16(2)3)13(18)17-7-6-12(14)15-17/h4-8H,1-3H3,(H2,14,15). The van der Waals surface area contributed by atoms with Crippen molar-refractivity contribution in [2.45, 2.75) is 11.8 Å². The monoisotopic (exact) mass is 308 g/mol. The second-order valence-corrected chi connectivity index (χ2v) is 6.88. The van der Waals surface area contributed by atoms with Crippen LogP contribution in [-0.2, 0) is 10.0 Å². The predicted octanol–water partition coefficient (Wildman–Crippen LogP) is 0.713. The fourth-order valence-electron chi connectivity index (χ4n) is 1.79. The fraction of sp³-hybridized carbons (Fsp3) is 0.231. The summed E-state index contributed by atoms with van der Waals surface area (Å²) >= 11 is 0. The Morgan fingerprint density at radius 1 is 1.29 bits per heavy atom. The predicted molar refractivity (Wildman–Crippen MR) is 78.4 cm³/mol. The molecule has 0 radical (unpaired) electrons. The highest BCUT2D eigenvalue weighted by atomic mass is 32.2. The van der Waals surface area contributed by atoms with Gasteiger partial charge in [-0.05, 0) is 24.6 Å². The Labute approximate surface area is 123 Å². The molecule has 7 nitrogen and oxygen atoms in total. The Hall–Kier alpha value is -2.19. The van der Waals surface area contributed by atoms with Gasteiger partial charge in [0.1, 0.15) is 5.82 Å². The zero-order valence-corrected chi connectivity index (χ0v) is 12.8. The van der Waals surface area contributed by atoms with Gasteiger partial charge in [0, 0.05) is 31.9 Å². The van der Waals surface area contributed by atoms with Gasteiger partial charge >= 0.3 is 0 Å². The van der Waals surface area contributed by atoms with E-state index in [1.807, 2.05) is 0 Å². The van der Waals surface area contributed by atoms with Crippen LogP contribution in [0.4, 0.5) is 5.82 Å². The average molecular weight is 308 g/mol. The maximum absolute atomic E-state index is 12.3. The number of hydrogen-bond acceptors (Lipinski definition) is 5. The minimum absolute atomic E-state index is 0.0958. The van der Waals surface area contributed by atoms with Crippen molar-refractivity contribution < 1.29 is 13.2 Å². The van der Waals surface area contributed by atoms with Gasteiger partial charge < -0.3 is 5.73 Å². The van der Waals surface area contributed by atoms with Crippen molar-refractivity contribution in [1.82, 2.24) is 14.1 Å². The summed E-state index contributed by atoms with van der Waals surface area (Å²) in [5.74, 6) is -0.224. The molecule has 0 aliphatic carbocycles. The molecule has 2 rings (SSSR count). The molecule has 0 fully saturated rings. The number of sulfonamides is 1. The summed E-state index contributed by atoms with van der Waals surface area (Å²) in [6, 6.07) is 6.00. The van der Waals surface area contributed by atoms with E-state index in [-0.39, 0.29) is 16.3 Å². The van der Waals surface area contributed by atoms with Crippen LogP contribution in [-0.4, -0.2) is 42.5 Å². The second-order valence-electron chi connectivity index (χ2n) is 4.76. The van der Waals surface area contributed by atoms with E-state index in [4.69, 9.17) is 5.73 Å². The molecule has 0 saturated heterocycles. The number of carbonyl (C=O) groups excluding carboxylic acids is 1. The molecule has 0 bridgehead atoms. The molecule has 2 aromatic rings. The van der Waals surface area contributed by atoms with Crippen LogP contribution in [0.1, 0.15) is 15.9 Å². The SMILES string of the molecule is Cc1ccc(C(=O)n2ccc(N)n2)cc1S(=O)(=O)N(C)C. The molecule has 1 heterocycles. The summed E-state index contributed by atoms with van der Waals surface area (Å²) in [5.41, 5.74) is 6.27. The number of rotatable bonds is 3. The molecule has 21 heavy (non-hydrogen) atoms. The zero-order chi connectivity index (χ0) is 15.8. The van der Waals surface area contributed by atoms with Crippen molar-refractivity contribution in [3.8, 4) is 0 Å². The highest BCUT2D eigenvalue weighted by Crippen LogP contribution is 2.20. The Balaban J connectivity index is 2.51. The molecule has 0 aliphatic rings. The van der Waals surface area contributed by atoms with Crippen molar-refractivity contribution in [3.05, 3.63) is 41.6 Å². The van der Waals surface area contributed by atoms with Crippen LogP contribution in [0.2, 0.25) is 0 Å². The number of aromatic nitrogens is 2. The van der Waals surface area contributed by atoms with Crippen LogP contribution in [0.25, 0.3) is 0 Å². The smallest absolute Gasteiger partial charge is 0.278 e. The molecule has 8 heteroatoms. The van der Waals surface area contributed by atoms with Crippen molar-refractivity contribution in [2.24, 2.45) is 0 Å². The Kier molecular flexibility index (Phi) is 3.84. The number of nitrogen functional groups attached to an aromatic ring is 1. The molecular weight excluding hydrogens is 292 g/mol. The molecule has 2 N–H and O–H groups in total. The van der Waals surface area contributed by atoms with Gasteiger partial charge in [0.05, 0.1) is 4.90 Å². The van der Waals surface area contributed by atoms with Crippen molar-refractivity contribution in [3.63, 3.8) is 0 Å². The van der Waals surface area contributed by atoms with E-state index in [0.717, 1.165) is 8.99 Å². The molecule has 0 saturated carbocycles. The molecule has 0 spiro atoms. The third-order valence-electron chi connectivity index (χ3n) is 3.01. The van der Waals surface area contributed by atoms with Crippen molar-refractivity contribution in [2.75, 3.05) is 19.8 Å². The third kappa shape index (κ3) is 2.81. The molecule has 0 aliphatic heterocycles. The summed E-state index contributed by atoms with van der Waals surface area (Å²) in [7, 11) is -0.730. The molecule has 1 aromatic heterocycles. The third-order valence-corrected chi connectivity index (χ3v) is 4.97. The maximum atomic E-state index is 12.3. The molecule has 0 unspecified atom stereocenters. The summed E-state index contributed by atoms with van der Waals surface area (Å²) in [5, 5.41) is 3.82. The van der Waals surface area contributed by atoms with Crippen LogP contribution in [0, 0.1) is 6.92 Å². The van der Waals surface area contributed by atoms with E-state index >= 15 is 0 Å². The van der Waals surface area contributed by atoms with E-state index < -0.39 is 15.9 Å². The maximum Gasteiger partial charge on any atom is 0.278 e. The minimum atomic E-state index is -3.61. The van der Waals surface area contributed by atoms with E-state index in [1.54, 1.807) is 19.1 Å². The minimum Gasteiger partial charge on any atom is -0.382 e. The fourth-order valence-corrected chi connectivity index (χ4v) is 2.94. The van der Waals surface area contributed by atoms with Crippen LogP contribution < -0.4 is 5.73 Å². The highest BCUT2D eigenvalue weighted by molar-refractivity contribution is 7.89. The van der Waals surface area contributed by atoms with Gasteiger partial charge in [-0.15, -0.1) is 5.10 Å². The largest absolute Gasteiger partial charge is 0.382 e.